The normalized spacial score (nSPS) is 24.7. The maximum atomic E-state index is 5.35. The van der Waals surface area contributed by atoms with Crippen LogP contribution in [-0.2, 0) is 9.47 Å². The fourth-order valence-corrected chi connectivity index (χ4v) is 1.70. The first kappa shape index (κ1) is 7.01. The summed E-state index contributed by atoms with van der Waals surface area (Å²) in [4.78, 5) is 0. The van der Waals surface area contributed by atoms with Crippen LogP contribution in [0.25, 0.3) is 0 Å². The third-order valence-electron chi connectivity index (χ3n) is 2.30. The summed E-state index contributed by atoms with van der Waals surface area (Å²) in [6.45, 7) is 1.50. The number of ether oxygens (including phenoxy) is 2. The van der Waals surface area contributed by atoms with Gasteiger partial charge >= 0.3 is 0 Å². The summed E-state index contributed by atoms with van der Waals surface area (Å²) in [6, 6.07) is 0. The highest BCUT2D eigenvalue weighted by Gasteiger charge is 2.17. The molecule has 0 atom stereocenters. The van der Waals surface area contributed by atoms with E-state index in [9.17, 15) is 0 Å². The lowest BCUT2D eigenvalue weighted by Gasteiger charge is -2.14. The average Bonchev–Trinajstić information content (AvgIpc) is 2.58. The quantitative estimate of drug-likeness (QED) is 0.532. The van der Waals surface area contributed by atoms with Gasteiger partial charge in [0.25, 0.3) is 5.95 Å². The van der Waals surface area contributed by atoms with E-state index in [0.717, 1.165) is 19.2 Å². The van der Waals surface area contributed by atoms with Crippen LogP contribution in [0.1, 0.15) is 32.1 Å². The lowest BCUT2D eigenvalue weighted by Crippen LogP contribution is -1.98. The number of hydrogen-bond donors (Lipinski definition) is 0. The van der Waals surface area contributed by atoms with Crippen molar-refractivity contribution >= 4 is 0 Å². The lowest BCUT2D eigenvalue weighted by atomic mass is 9.96. The first-order valence-corrected chi connectivity index (χ1v) is 4.44. The van der Waals surface area contributed by atoms with Gasteiger partial charge in [0.05, 0.1) is 0 Å². The van der Waals surface area contributed by atoms with Gasteiger partial charge in [-0.1, -0.05) is 6.42 Å². The van der Waals surface area contributed by atoms with E-state index < -0.39 is 0 Å². The zero-order valence-corrected chi connectivity index (χ0v) is 6.77. The molecule has 0 amide bonds. The molecule has 0 aromatic rings. The summed E-state index contributed by atoms with van der Waals surface area (Å²) in [5.41, 5.74) is 1.41. The number of hydrogen-bond acceptors (Lipinski definition) is 2. The van der Waals surface area contributed by atoms with Gasteiger partial charge in [-0.2, -0.15) is 0 Å². The average molecular weight is 154 g/mol. The Hall–Kier alpha value is -0.660. The first-order chi connectivity index (χ1) is 5.47. The molecule has 2 heteroatoms. The molecule has 0 bridgehead atoms. The zero-order chi connectivity index (χ0) is 7.52. The van der Waals surface area contributed by atoms with Gasteiger partial charge in [-0.05, 0) is 25.7 Å². The molecule has 2 fully saturated rings. The minimum absolute atomic E-state index is 0.749. The maximum Gasteiger partial charge on any atom is 0.278 e. The van der Waals surface area contributed by atoms with Crippen molar-refractivity contribution in [2.45, 2.75) is 32.1 Å². The molecule has 1 saturated carbocycles. The van der Waals surface area contributed by atoms with E-state index in [1.54, 1.807) is 0 Å². The molecule has 0 radical (unpaired) electrons. The molecule has 1 aliphatic carbocycles. The Morgan fingerprint density at radius 1 is 0.818 bits per heavy atom. The van der Waals surface area contributed by atoms with Crippen LogP contribution >= 0.6 is 0 Å². The van der Waals surface area contributed by atoms with Crippen LogP contribution < -0.4 is 0 Å². The Balaban J connectivity index is 2.03. The Labute approximate surface area is 67.2 Å². The van der Waals surface area contributed by atoms with Crippen LogP contribution in [0.15, 0.2) is 11.5 Å². The van der Waals surface area contributed by atoms with Gasteiger partial charge in [-0.25, -0.2) is 0 Å². The van der Waals surface area contributed by atoms with Gasteiger partial charge in [-0.15, -0.1) is 0 Å². The van der Waals surface area contributed by atoms with Crippen molar-refractivity contribution in [3.05, 3.63) is 11.5 Å². The smallest absolute Gasteiger partial charge is 0.278 e. The van der Waals surface area contributed by atoms with Crippen LogP contribution in [-0.4, -0.2) is 13.2 Å². The molecule has 0 unspecified atom stereocenters. The van der Waals surface area contributed by atoms with Crippen molar-refractivity contribution in [1.82, 2.24) is 0 Å². The molecule has 1 heterocycles. The Morgan fingerprint density at radius 2 is 1.45 bits per heavy atom. The zero-order valence-electron chi connectivity index (χ0n) is 6.77. The molecule has 2 nitrogen and oxygen atoms in total. The molecule has 0 aromatic heterocycles. The molecular weight excluding hydrogens is 140 g/mol. The van der Waals surface area contributed by atoms with Crippen molar-refractivity contribution < 1.29 is 9.47 Å². The first-order valence-electron chi connectivity index (χ1n) is 4.44. The number of allylic oxidation sites excluding steroid dienone is 1. The predicted octanol–water partition coefficient (Wildman–Crippen LogP) is 2.21. The lowest BCUT2D eigenvalue weighted by molar-refractivity contribution is 0.165. The monoisotopic (exact) mass is 154 g/mol. The second-order valence-electron chi connectivity index (χ2n) is 3.15. The summed E-state index contributed by atoms with van der Waals surface area (Å²) >= 11 is 0. The van der Waals surface area contributed by atoms with E-state index in [4.69, 9.17) is 9.47 Å². The minimum atomic E-state index is 0.749. The van der Waals surface area contributed by atoms with Crippen molar-refractivity contribution in [2.75, 3.05) is 13.2 Å². The van der Waals surface area contributed by atoms with E-state index in [-0.39, 0.29) is 0 Å². The third-order valence-corrected chi connectivity index (χ3v) is 2.30. The highest BCUT2D eigenvalue weighted by molar-refractivity contribution is 5.06. The van der Waals surface area contributed by atoms with Crippen LogP contribution in [0.2, 0.25) is 0 Å². The fraction of sp³-hybridized carbons (Fsp3) is 0.778. The van der Waals surface area contributed by atoms with Crippen molar-refractivity contribution in [3.8, 4) is 0 Å². The molecule has 1 aliphatic heterocycles. The van der Waals surface area contributed by atoms with Crippen LogP contribution in [0.5, 0.6) is 0 Å². The summed E-state index contributed by atoms with van der Waals surface area (Å²) in [5, 5.41) is 0. The number of rotatable bonds is 0. The minimum Gasteiger partial charge on any atom is -0.462 e. The molecule has 0 aromatic carbocycles. The summed E-state index contributed by atoms with van der Waals surface area (Å²) in [6.07, 6.45) is 6.37. The second kappa shape index (κ2) is 3.16. The van der Waals surface area contributed by atoms with Gasteiger partial charge in [0.15, 0.2) is 0 Å². The topological polar surface area (TPSA) is 18.5 Å². The summed E-state index contributed by atoms with van der Waals surface area (Å²) in [5.74, 6) is 0.852. The highest BCUT2D eigenvalue weighted by atomic mass is 16.7. The molecule has 2 rings (SSSR count). The van der Waals surface area contributed by atoms with Gasteiger partial charge in [-0.3, -0.25) is 0 Å². The van der Waals surface area contributed by atoms with E-state index in [0.29, 0.717) is 0 Å². The van der Waals surface area contributed by atoms with Crippen LogP contribution in [0, 0.1) is 0 Å². The largest absolute Gasteiger partial charge is 0.462 e. The SMILES string of the molecule is C1CCC(=C2OCCO2)CC1. The molecule has 62 valence electrons. The van der Waals surface area contributed by atoms with E-state index in [1.165, 1.54) is 37.7 Å². The van der Waals surface area contributed by atoms with Gasteiger partial charge in [0.2, 0.25) is 0 Å². The molecule has 1 saturated heterocycles. The fourth-order valence-electron chi connectivity index (χ4n) is 1.70. The summed E-state index contributed by atoms with van der Waals surface area (Å²) < 4.78 is 10.7. The van der Waals surface area contributed by atoms with Gasteiger partial charge < -0.3 is 9.47 Å². The summed E-state index contributed by atoms with van der Waals surface area (Å²) in [7, 11) is 0. The van der Waals surface area contributed by atoms with Crippen LogP contribution in [0.4, 0.5) is 0 Å². The molecule has 11 heavy (non-hydrogen) atoms. The maximum absolute atomic E-state index is 5.35. The van der Waals surface area contributed by atoms with Gasteiger partial charge in [0.1, 0.15) is 13.2 Å². The van der Waals surface area contributed by atoms with E-state index in [2.05, 4.69) is 0 Å². The van der Waals surface area contributed by atoms with Crippen LogP contribution in [0.3, 0.4) is 0 Å². The second-order valence-corrected chi connectivity index (χ2v) is 3.15. The van der Waals surface area contributed by atoms with Crippen molar-refractivity contribution in [1.29, 1.82) is 0 Å². The van der Waals surface area contributed by atoms with Crippen molar-refractivity contribution in [3.63, 3.8) is 0 Å². The van der Waals surface area contributed by atoms with Crippen molar-refractivity contribution in [2.24, 2.45) is 0 Å². The Kier molecular flexibility index (Phi) is 2.01. The standard InChI is InChI=1S/C9H14O2/c1-2-4-8(5-3-1)9-10-6-7-11-9/h1-7H2. The Bertz CT molecular complexity index is 156. The Morgan fingerprint density at radius 3 is 2.09 bits per heavy atom. The molecule has 2 aliphatic rings. The molecular formula is C9H14O2. The predicted molar refractivity (Wildman–Crippen MR) is 42.0 cm³/mol. The third kappa shape index (κ3) is 1.50. The molecule has 0 N–H and O–H groups in total. The van der Waals surface area contributed by atoms with Gasteiger partial charge in [0, 0.05) is 5.57 Å². The van der Waals surface area contributed by atoms with E-state index >= 15 is 0 Å². The highest BCUT2D eigenvalue weighted by Crippen LogP contribution is 2.28. The molecule has 0 spiro atoms. The van der Waals surface area contributed by atoms with E-state index in [1.807, 2.05) is 0 Å².